The van der Waals surface area contributed by atoms with E-state index in [1.165, 1.54) is 17.0 Å². The van der Waals surface area contributed by atoms with Gasteiger partial charge in [-0.05, 0) is 36.6 Å². The molecular formula is C19H19FN2O3S. The first-order valence-corrected chi connectivity index (χ1v) is 9.39. The molecule has 1 fully saturated rings. The molecule has 1 heterocycles. The van der Waals surface area contributed by atoms with Gasteiger partial charge in [0.05, 0.1) is 5.92 Å². The molecular weight excluding hydrogens is 355 g/mol. The number of hydrogen-bond donors (Lipinski definition) is 1. The number of benzene rings is 2. The molecule has 2 aromatic rings. The Kier molecular flexibility index (Phi) is 5.78. The van der Waals surface area contributed by atoms with Crippen LogP contribution in [0.1, 0.15) is 0 Å². The fraction of sp³-hybridized carbons (Fsp3) is 0.263. The number of nitrogens with zero attached hydrogens (tertiary/aromatic N) is 1. The van der Waals surface area contributed by atoms with E-state index in [-0.39, 0.29) is 30.1 Å². The Morgan fingerprint density at radius 3 is 2.73 bits per heavy atom. The van der Waals surface area contributed by atoms with Gasteiger partial charge in [0.1, 0.15) is 0 Å². The number of anilines is 1. The number of hydrogen-bond acceptors (Lipinski definition) is 4. The molecule has 2 amide bonds. The third-order valence-electron chi connectivity index (χ3n) is 4.13. The number of para-hydroxylation sites is 1. The Morgan fingerprint density at radius 2 is 2.00 bits per heavy atom. The van der Waals surface area contributed by atoms with Gasteiger partial charge < -0.3 is 15.0 Å². The van der Waals surface area contributed by atoms with Crippen molar-refractivity contribution in [3.63, 3.8) is 0 Å². The molecule has 0 bridgehead atoms. The van der Waals surface area contributed by atoms with Gasteiger partial charge in [0.15, 0.2) is 18.2 Å². The predicted molar refractivity (Wildman–Crippen MR) is 98.8 cm³/mol. The standard InChI is InChI=1S/C19H19FN2O3S/c1-26-15-6-4-5-14(9-15)21-19(24)13-10-22(11-13)18(23)12-25-17-8-3-2-7-16(17)20/h2-9,13H,10-12H2,1H3,(H,21,24). The molecule has 0 radical (unpaired) electrons. The summed E-state index contributed by atoms with van der Waals surface area (Å²) >= 11 is 1.60. The fourth-order valence-electron chi connectivity index (χ4n) is 2.59. The number of rotatable bonds is 6. The van der Waals surface area contributed by atoms with E-state index < -0.39 is 5.82 Å². The number of amides is 2. The van der Waals surface area contributed by atoms with Gasteiger partial charge in [-0.25, -0.2) is 4.39 Å². The minimum atomic E-state index is -0.506. The minimum absolute atomic E-state index is 0.0457. The van der Waals surface area contributed by atoms with Crippen LogP contribution in [0.5, 0.6) is 5.75 Å². The van der Waals surface area contributed by atoms with Gasteiger partial charge in [0.25, 0.3) is 5.91 Å². The normalized spacial score (nSPS) is 13.8. The average Bonchev–Trinajstić information content (AvgIpc) is 2.60. The van der Waals surface area contributed by atoms with Gasteiger partial charge in [-0.3, -0.25) is 9.59 Å². The average molecular weight is 374 g/mol. The first kappa shape index (κ1) is 18.3. The molecule has 0 aromatic heterocycles. The third-order valence-corrected chi connectivity index (χ3v) is 4.86. The highest BCUT2D eigenvalue weighted by molar-refractivity contribution is 7.98. The van der Waals surface area contributed by atoms with E-state index in [0.29, 0.717) is 13.1 Å². The number of thioether (sulfide) groups is 1. The second kappa shape index (κ2) is 8.23. The zero-order valence-corrected chi connectivity index (χ0v) is 15.1. The van der Waals surface area contributed by atoms with Crippen molar-refractivity contribution in [2.45, 2.75) is 4.90 Å². The highest BCUT2D eigenvalue weighted by Gasteiger charge is 2.35. The van der Waals surface area contributed by atoms with Crippen molar-refractivity contribution in [2.75, 3.05) is 31.3 Å². The van der Waals surface area contributed by atoms with E-state index in [2.05, 4.69) is 5.32 Å². The molecule has 2 aromatic carbocycles. The lowest BCUT2D eigenvalue weighted by Gasteiger charge is -2.38. The lowest BCUT2D eigenvalue weighted by molar-refractivity contribution is -0.143. The first-order valence-electron chi connectivity index (χ1n) is 8.17. The van der Waals surface area contributed by atoms with Crippen molar-refractivity contribution < 1.29 is 18.7 Å². The molecule has 3 rings (SSSR count). The van der Waals surface area contributed by atoms with E-state index in [1.807, 2.05) is 30.5 Å². The van der Waals surface area contributed by atoms with Crippen molar-refractivity contribution in [1.29, 1.82) is 0 Å². The number of ether oxygens (including phenoxy) is 1. The second-order valence-corrected chi connectivity index (χ2v) is 6.82. The molecule has 0 unspecified atom stereocenters. The van der Waals surface area contributed by atoms with E-state index in [0.717, 1.165) is 10.6 Å². The summed E-state index contributed by atoms with van der Waals surface area (Å²) in [6.45, 7) is 0.437. The van der Waals surface area contributed by atoms with Crippen LogP contribution in [0.25, 0.3) is 0 Å². The van der Waals surface area contributed by atoms with Crippen LogP contribution >= 0.6 is 11.8 Å². The summed E-state index contributed by atoms with van der Waals surface area (Å²) in [5.74, 6) is -1.08. The van der Waals surface area contributed by atoms with Crippen LogP contribution in [-0.2, 0) is 9.59 Å². The molecule has 0 atom stereocenters. The topological polar surface area (TPSA) is 58.6 Å². The highest BCUT2D eigenvalue weighted by atomic mass is 32.2. The maximum absolute atomic E-state index is 13.5. The summed E-state index contributed by atoms with van der Waals surface area (Å²) in [5, 5.41) is 2.87. The molecule has 0 spiro atoms. The van der Waals surface area contributed by atoms with Gasteiger partial charge in [0.2, 0.25) is 5.91 Å². The summed E-state index contributed by atoms with van der Waals surface area (Å²) in [4.78, 5) is 26.9. The molecule has 1 aliphatic heterocycles. The monoisotopic (exact) mass is 374 g/mol. The Balaban J connectivity index is 1.45. The summed E-state index contributed by atoms with van der Waals surface area (Å²) in [7, 11) is 0. The molecule has 7 heteroatoms. The van der Waals surface area contributed by atoms with Crippen LogP contribution in [0.2, 0.25) is 0 Å². The summed E-state index contributed by atoms with van der Waals surface area (Å²) in [5.41, 5.74) is 0.745. The number of likely N-dealkylation sites (tertiary alicyclic amines) is 1. The van der Waals surface area contributed by atoms with Crippen molar-refractivity contribution in [3.8, 4) is 5.75 Å². The number of carbonyl (C=O) groups excluding carboxylic acids is 2. The lowest BCUT2D eigenvalue weighted by Crippen LogP contribution is -2.55. The Morgan fingerprint density at radius 1 is 1.23 bits per heavy atom. The molecule has 136 valence electrons. The predicted octanol–water partition coefficient (Wildman–Crippen LogP) is 3.02. The van der Waals surface area contributed by atoms with Gasteiger partial charge in [-0.1, -0.05) is 18.2 Å². The van der Waals surface area contributed by atoms with Gasteiger partial charge in [-0.15, -0.1) is 11.8 Å². The maximum Gasteiger partial charge on any atom is 0.260 e. The fourth-order valence-corrected chi connectivity index (χ4v) is 3.05. The first-order chi connectivity index (χ1) is 12.6. The van der Waals surface area contributed by atoms with Crippen LogP contribution < -0.4 is 10.1 Å². The van der Waals surface area contributed by atoms with Crippen molar-refractivity contribution in [3.05, 3.63) is 54.3 Å². The van der Waals surface area contributed by atoms with Crippen molar-refractivity contribution in [2.24, 2.45) is 5.92 Å². The Bertz CT molecular complexity index is 809. The Labute approximate surface area is 155 Å². The molecule has 1 N–H and O–H groups in total. The smallest absolute Gasteiger partial charge is 0.260 e. The van der Waals surface area contributed by atoms with E-state index in [1.54, 1.807) is 23.9 Å². The van der Waals surface area contributed by atoms with Gasteiger partial charge in [0, 0.05) is 23.7 Å². The Hall–Kier alpha value is -2.54. The van der Waals surface area contributed by atoms with Gasteiger partial charge >= 0.3 is 0 Å². The van der Waals surface area contributed by atoms with E-state index >= 15 is 0 Å². The molecule has 1 saturated heterocycles. The van der Waals surface area contributed by atoms with Crippen molar-refractivity contribution >= 4 is 29.3 Å². The number of carbonyl (C=O) groups is 2. The SMILES string of the molecule is CSc1cccc(NC(=O)C2CN(C(=O)COc3ccccc3F)C2)c1. The molecule has 5 nitrogen and oxygen atoms in total. The zero-order chi connectivity index (χ0) is 18.5. The largest absolute Gasteiger partial charge is 0.481 e. The molecule has 0 aliphatic carbocycles. The van der Waals surface area contributed by atoms with Crippen LogP contribution in [0.3, 0.4) is 0 Å². The minimum Gasteiger partial charge on any atom is -0.481 e. The van der Waals surface area contributed by atoms with Gasteiger partial charge in [-0.2, -0.15) is 0 Å². The van der Waals surface area contributed by atoms with Crippen LogP contribution in [0.4, 0.5) is 10.1 Å². The third kappa shape index (κ3) is 4.35. The number of nitrogens with one attached hydrogen (secondary N) is 1. The molecule has 26 heavy (non-hydrogen) atoms. The summed E-state index contributed by atoms with van der Waals surface area (Å²) in [6, 6.07) is 13.5. The van der Waals surface area contributed by atoms with Crippen molar-refractivity contribution in [1.82, 2.24) is 4.90 Å². The maximum atomic E-state index is 13.5. The van der Waals surface area contributed by atoms with Crippen LogP contribution in [0.15, 0.2) is 53.4 Å². The summed E-state index contributed by atoms with van der Waals surface area (Å²) < 4.78 is 18.7. The van der Waals surface area contributed by atoms with E-state index in [4.69, 9.17) is 4.74 Å². The quantitative estimate of drug-likeness (QED) is 0.790. The zero-order valence-electron chi connectivity index (χ0n) is 14.3. The number of halogens is 1. The van der Waals surface area contributed by atoms with E-state index in [9.17, 15) is 14.0 Å². The molecule has 1 aliphatic rings. The molecule has 0 saturated carbocycles. The van der Waals surface area contributed by atoms with Crippen LogP contribution in [-0.4, -0.2) is 42.7 Å². The second-order valence-electron chi connectivity index (χ2n) is 5.94. The summed E-state index contributed by atoms with van der Waals surface area (Å²) in [6.07, 6.45) is 1.97. The van der Waals surface area contributed by atoms with Crippen LogP contribution in [0, 0.1) is 11.7 Å². The lowest BCUT2D eigenvalue weighted by atomic mass is 9.99. The highest BCUT2D eigenvalue weighted by Crippen LogP contribution is 2.22.